The van der Waals surface area contributed by atoms with Crippen molar-refractivity contribution in [3.05, 3.63) is 35.9 Å². The van der Waals surface area contributed by atoms with Gasteiger partial charge >= 0.3 is 0 Å². The van der Waals surface area contributed by atoms with E-state index in [1.807, 2.05) is 11.8 Å². The fraction of sp³-hybridized carbons (Fsp3) is 0.571. The Kier molecular flexibility index (Phi) is 6.58. The van der Waals surface area contributed by atoms with Crippen molar-refractivity contribution in [2.45, 2.75) is 38.8 Å². The molecule has 0 aliphatic rings. The van der Waals surface area contributed by atoms with E-state index < -0.39 is 0 Å². The molecule has 0 aromatic heterocycles. The van der Waals surface area contributed by atoms with Crippen molar-refractivity contribution in [1.82, 2.24) is 5.32 Å². The van der Waals surface area contributed by atoms with Crippen LogP contribution in [0.2, 0.25) is 0 Å². The van der Waals surface area contributed by atoms with Gasteiger partial charge in [-0.25, -0.2) is 0 Å². The second kappa shape index (κ2) is 7.75. The normalized spacial score (nSPS) is 14.7. The number of rotatable bonds is 7. The summed E-state index contributed by atoms with van der Waals surface area (Å²) in [6.45, 7) is 4.51. The van der Waals surface area contributed by atoms with E-state index in [4.69, 9.17) is 0 Å². The summed E-state index contributed by atoms with van der Waals surface area (Å²) >= 11 is 1.90. The fourth-order valence-corrected chi connectivity index (χ4v) is 2.56. The smallest absolute Gasteiger partial charge is 0.0322 e. The van der Waals surface area contributed by atoms with Gasteiger partial charge in [-0.15, -0.1) is 0 Å². The van der Waals surface area contributed by atoms with E-state index in [0.717, 1.165) is 0 Å². The van der Waals surface area contributed by atoms with E-state index in [-0.39, 0.29) is 0 Å². The van der Waals surface area contributed by atoms with Crippen LogP contribution in [0.3, 0.4) is 0 Å². The van der Waals surface area contributed by atoms with Crippen molar-refractivity contribution in [3.8, 4) is 0 Å². The highest BCUT2D eigenvalue weighted by molar-refractivity contribution is 7.98. The molecule has 2 unspecified atom stereocenters. The van der Waals surface area contributed by atoms with E-state index in [1.165, 1.54) is 24.2 Å². The molecule has 0 aliphatic heterocycles. The SMILES string of the molecule is CCCC(NC(C)CSC)c1ccccc1. The van der Waals surface area contributed by atoms with Crippen LogP contribution in [0.4, 0.5) is 0 Å². The van der Waals surface area contributed by atoms with Crippen LogP contribution in [0.25, 0.3) is 0 Å². The van der Waals surface area contributed by atoms with Crippen LogP contribution in [0, 0.1) is 0 Å². The molecule has 90 valence electrons. The van der Waals surface area contributed by atoms with Crippen molar-refractivity contribution in [2.75, 3.05) is 12.0 Å². The summed E-state index contributed by atoms with van der Waals surface area (Å²) in [6.07, 6.45) is 4.59. The molecule has 1 nitrogen and oxygen atoms in total. The predicted octanol–water partition coefficient (Wildman–Crippen LogP) is 3.87. The average Bonchev–Trinajstić information content (AvgIpc) is 2.30. The predicted molar refractivity (Wildman–Crippen MR) is 75.1 cm³/mol. The van der Waals surface area contributed by atoms with Gasteiger partial charge in [-0.05, 0) is 25.2 Å². The van der Waals surface area contributed by atoms with E-state index in [1.54, 1.807) is 0 Å². The molecule has 0 spiro atoms. The second-order valence-corrected chi connectivity index (χ2v) is 5.19. The molecule has 0 radical (unpaired) electrons. The third kappa shape index (κ3) is 4.58. The van der Waals surface area contributed by atoms with E-state index in [9.17, 15) is 0 Å². The molecule has 1 rings (SSSR count). The molecular formula is C14H23NS. The molecule has 2 heteroatoms. The summed E-state index contributed by atoms with van der Waals surface area (Å²) in [4.78, 5) is 0. The molecule has 0 heterocycles. The first kappa shape index (κ1) is 13.6. The third-order valence-corrected chi connectivity index (χ3v) is 3.51. The summed E-state index contributed by atoms with van der Waals surface area (Å²) in [5.41, 5.74) is 1.41. The lowest BCUT2D eigenvalue weighted by molar-refractivity contribution is 0.452. The molecule has 0 fully saturated rings. The molecule has 1 aromatic rings. The Morgan fingerprint density at radius 3 is 2.50 bits per heavy atom. The minimum Gasteiger partial charge on any atom is -0.307 e. The largest absolute Gasteiger partial charge is 0.307 e. The van der Waals surface area contributed by atoms with Crippen LogP contribution >= 0.6 is 11.8 Å². The van der Waals surface area contributed by atoms with Gasteiger partial charge in [0.15, 0.2) is 0 Å². The molecule has 2 atom stereocenters. The van der Waals surface area contributed by atoms with Crippen molar-refractivity contribution in [1.29, 1.82) is 0 Å². The van der Waals surface area contributed by atoms with Gasteiger partial charge < -0.3 is 5.32 Å². The van der Waals surface area contributed by atoms with Gasteiger partial charge in [-0.3, -0.25) is 0 Å². The quantitative estimate of drug-likeness (QED) is 0.772. The summed E-state index contributed by atoms with van der Waals surface area (Å²) in [6, 6.07) is 11.9. The number of hydrogen-bond acceptors (Lipinski definition) is 2. The molecule has 0 bridgehead atoms. The summed E-state index contributed by atoms with van der Waals surface area (Å²) < 4.78 is 0. The Morgan fingerprint density at radius 1 is 1.25 bits per heavy atom. The minimum absolute atomic E-state index is 0.508. The lowest BCUT2D eigenvalue weighted by atomic mass is 10.0. The lowest BCUT2D eigenvalue weighted by Crippen LogP contribution is -2.32. The lowest BCUT2D eigenvalue weighted by Gasteiger charge is -2.23. The Hall–Kier alpha value is -0.470. The van der Waals surface area contributed by atoms with Crippen LogP contribution < -0.4 is 5.32 Å². The Balaban J connectivity index is 2.60. The molecule has 0 saturated carbocycles. The monoisotopic (exact) mass is 237 g/mol. The average molecular weight is 237 g/mol. The summed E-state index contributed by atoms with van der Waals surface area (Å²) in [7, 11) is 0. The van der Waals surface area contributed by atoms with Crippen LogP contribution in [-0.2, 0) is 0 Å². The van der Waals surface area contributed by atoms with Crippen molar-refractivity contribution in [2.24, 2.45) is 0 Å². The number of benzene rings is 1. The highest BCUT2D eigenvalue weighted by Crippen LogP contribution is 2.19. The molecule has 16 heavy (non-hydrogen) atoms. The zero-order chi connectivity index (χ0) is 11.8. The van der Waals surface area contributed by atoms with Gasteiger partial charge in [-0.2, -0.15) is 11.8 Å². The van der Waals surface area contributed by atoms with Gasteiger partial charge in [0.2, 0.25) is 0 Å². The van der Waals surface area contributed by atoms with Crippen LogP contribution in [-0.4, -0.2) is 18.1 Å². The minimum atomic E-state index is 0.508. The number of thioether (sulfide) groups is 1. The fourth-order valence-electron chi connectivity index (χ4n) is 1.96. The third-order valence-electron chi connectivity index (χ3n) is 2.68. The van der Waals surface area contributed by atoms with Gasteiger partial charge in [0.05, 0.1) is 0 Å². The van der Waals surface area contributed by atoms with Crippen LogP contribution in [0.1, 0.15) is 38.3 Å². The molecule has 0 amide bonds. The maximum atomic E-state index is 3.71. The highest BCUT2D eigenvalue weighted by Gasteiger charge is 2.12. The van der Waals surface area contributed by atoms with Gasteiger partial charge in [0.25, 0.3) is 0 Å². The maximum absolute atomic E-state index is 3.71. The Labute approximate surface area is 104 Å². The number of nitrogens with one attached hydrogen (secondary N) is 1. The highest BCUT2D eigenvalue weighted by atomic mass is 32.2. The first-order valence-electron chi connectivity index (χ1n) is 6.07. The van der Waals surface area contributed by atoms with Gasteiger partial charge in [0, 0.05) is 17.8 Å². The van der Waals surface area contributed by atoms with Gasteiger partial charge in [0.1, 0.15) is 0 Å². The second-order valence-electron chi connectivity index (χ2n) is 4.28. The van der Waals surface area contributed by atoms with E-state index >= 15 is 0 Å². The molecule has 0 aliphatic carbocycles. The summed E-state index contributed by atoms with van der Waals surface area (Å²) in [5.74, 6) is 1.17. The Morgan fingerprint density at radius 2 is 1.94 bits per heavy atom. The zero-order valence-electron chi connectivity index (χ0n) is 10.6. The van der Waals surface area contributed by atoms with Crippen LogP contribution in [0.15, 0.2) is 30.3 Å². The van der Waals surface area contributed by atoms with Crippen molar-refractivity contribution >= 4 is 11.8 Å². The first-order valence-corrected chi connectivity index (χ1v) is 7.47. The van der Waals surface area contributed by atoms with E-state index in [0.29, 0.717) is 12.1 Å². The van der Waals surface area contributed by atoms with E-state index in [2.05, 4.69) is 55.8 Å². The molecule has 0 saturated heterocycles. The molecular weight excluding hydrogens is 214 g/mol. The first-order chi connectivity index (χ1) is 7.77. The maximum Gasteiger partial charge on any atom is 0.0322 e. The summed E-state index contributed by atoms with van der Waals surface area (Å²) in [5, 5.41) is 3.71. The van der Waals surface area contributed by atoms with Crippen molar-refractivity contribution in [3.63, 3.8) is 0 Å². The number of hydrogen-bond donors (Lipinski definition) is 1. The van der Waals surface area contributed by atoms with Gasteiger partial charge in [-0.1, -0.05) is 43.7 Å². The molecule has 1 aromatic carbocycles. The van der Waals surface area contributed by atoms with Crippen molar-refractivity contribution < 1.29 is 0 Å². The molecule has 1 N–H and O–H groups in total. The topological polar surface area (TPSA) is 12.0 Å². The van der Waals surface area contributed by atoms with Crippen LogP contribution in [0.5, 0.6) is 0 Å². The zero-order valence-corrected chi connectivity index (χ0v) is 11.4. The standard InChI is InChI=1S/C14H23NS/c1-4-8-14(15-12(2)11-16-3)13-9-6-5-7-10-13/h5-7,9-10,12,14-15H,4,8,11H2,1-3H3. The Bertz CT molecular complexity index is 273.